The van der Waals surface area contributed by atoms with Crippen molar-refractivity contribution in [1.82, 2.24) is 9.80 Å². The minimum Gasteiger partial charge on any atom is -0.378 e. The largest absolute Gasteiger partial charge is 0.378 e. The zero-order valence-electron chi connectivity index (χ0n) is 21.9. The minimum absolute atomic E-state index is 0.0281. The Morgan fingerprint density at radius 3 is 2.22 bits per heavy atom. The van der Waals surface area contributed by atoms with Crippen molar-refractivity contribution in [3.05, 3.63) is 65.7 Å². The summed E-state index contributed by atoms with van der Waals surface area (Å²) in [4.78, 5) is 20.4. The van der Waals surface area contributed by atoms with E-state index in [1.54, 1.807) is 6.07 Å². The number of anilines is 1. The minimum atomic E-state index is -0.243. The number of para-hydroxylation sites is 1. The second-order valence-corrected chi connectivity index (χ2v) is 11.2. The van der Waals surface area contributed by atoms with Crippen LogP contribution in [0.25, 0.3) is 0 Å². The molecule has 2 amide bonds. The van der Waals surface area contributed by atoms with Crippen molar-refractivity contribution >= 4 is 11.7 Å². The molecule has 0 unspecified atom stereocenters. The molecule has 36 heavy (non-hydrogen) atoms. The number of nitriles is 1. The number of ether oxygens (including phenoxy) is 1. The van der Waals surface area contributed by atoms with E-state index in [-0.39, 0.29) is 22.7 Å². The molecule has 0 bridgehead atoms. The zero-order valence-corrected chi connectivity index (χ0v) is 21.9. The molecule has 2 saturated carbocycles. The van der Waals surface area contributed by atoms with Crippen LogP contribution in [0.2, 0.25) is 0 Å². The predicted molar refractivity (Wildman–Crippen MR) is 142 cm³/mol. The molecule has 5 rings (SSSR count). The first-order valence-corrected chi connectivity index (χ1v) is 13.3. The summed E-state index contributed by atoms with van der Waals surface area (Å²) in [5.41, 5.74) is 2.25. The molecule has 6 nitrogen and oxygen atoms in total. The predicted octanol–water partition coefficient (Wildman–Crippen LogP) is 5.53. The van der Waals surface area contributed by atoms with Crippen molar-refractivity contribution in [3.63, 3.8) is 0 Å². The Morgan fingerprint density at radius 2 is 1.64 bits per heavy atom. The molecule has 2 aliphatic carbocycles. The lowest BCUT2D eigenvalue weighted by Gasteiger charge is -2.51. The first-order valence-electron chi connectivity index (χ1n) is 13.3. The van der Waals surface area contributed by atoms with Crippen LogP contribution in [0.1, 0.15) is 62.5 Å². The van der Waals surface area contributed by atoms with Crippen LogP contribution in [-0.4, -0.2) is 61.3 Å². The fourth-order valence-electron chi connectivity index (χ4n) is 6.86. The van der Waals surface area contributed by atoms with Gasteiger partial charge in [0.15, 0.2) is 0 Å². The molecule has 3 aliphatic rings. The van der Waals surface area contributed by atoms with Crippen LogP contribution in [0.3, 0.4) is 0 Å². The summed E-state index contributed by atoms with van der Waals surface area (Å²) in [5, 5.41) is 9.75. The van der Waals surface area contributed by atoms with Crippen molar-refractivity contribution in [2.24, 2.45) is 0 Å². The lowest BCUT2D eigenvalue weighted by atomic mass is 9.68. The van der Waals surface area contributed by atoms with Crippen molar-refractivity contribution in [1.29, 1.82) is 5.26 Å². The normalized spacial score (nSPS) is 27.4. The van der Waals surface area contributed by atoms with E-state index in [2.05, 4.69) is 60.3 Å². The van der Waals surface area contributed by atoms with Gasteiger partial charge in [-0.05, 0) is 83.2 Å². The van der Waals surface area contributed by atoms with Gasteiger partial charge in [0.25, 0.3) is 0 Å². The summed E-state index contributed by atoms with van der Waals surface area (Å²) < 4.78 is 5.91. The molecule has 2 aromatic rings. The summed E-state index contributed by atoms with van der Waals surface area (Å²) in [6.45, 7) is 1.32. The number of amides is 2. The highest BCUT2D eigenvalue weighted by molar-refractivity contribution is 5.96. The van der Waals surface area contributed by atoms with Gasteiger partial charge in [0.1, 0.15) is 6.07 Å². The quantitative estimate of drug-likeness (QED) is 0.516. The maximum absolute atomic E-state index is 14.0. The molecular weight excluding hydrogens is 448 g/mol. The molecule has 2 aromatic carbocycles. The Kier molecular flexibility index (Phi) is 6.57. The van der Waals surface area contributed by atoms with Gasteiger partial charge in [-0.2, -0.15) is 5.26 Å². The molecule has 190 valence electrons. The maximum atomic E-state index is 14.0. The third-order valence-corrected chi connectivity index (χ3v) is 9.47. The lowest BCUT2D eigenvalue weighted by molar-refractivity contribution is -0.0844. The van der Waals surface area contributed by atoms with E-state index >= 15 is 0 Å². The fourth-order valence-corrected chi connectivity index (χ4v) is 6.86. The molecule has 1 saturated heterocycles. The van der Waals surface area contributed by atoms with Gasteiger partial charge < -0.3 is 9.64 Å². The SMILES string of the molecule is COC1(CCN2C(=O)N(c3ccccc3C#N)C[C@]23CC[C@@](c2ccccc2)(N(C)C)CC3)CCC1. The van der Waals surface area contributed by atoms with Gasteiger partial charge in [0.2, 0.25) is 0 Å². The van der Waals surface area contributed by atoms with Crippen LogP contribution in [0.5, 0.6) is 0 Å². The highest BCUT2D eigenvalue weighted by atomic mass is 16.5. The molecule has 1 heterocycles. The van der Waals surface area contributed by atoms with Crippen LogP contribution < -0.4 is 4.90 Å². The van der Waals surface area contributed by atoms with Crippen molar-refractivity contribution in [2.45, 2.75) is 68.0 Å². The smallest absolute Gasteiger partial charge is 0.325 e. The molecule has 0 radical (unpaired) electrons. The Morgan fingerprint density at radius 1 is 0.972 bits per heavy atom. The van der Waals surface area contributed by atoms with Gasteiger partial charge in [-0.25, -0.2) is 4.79 Å². The first kappa shape index (κ1) is 24.8. The number of methoxy groups -OCH3 is 1. The van der Waals surface area contributed by atoms with Gasteiger partial charge in [0, 0.05) is 19.2 Å². The summed E-state index contributed by atoms with van der Waals surface area (Å²) >= 11 is 0. The Labute approximate surface area is 215 Å². The summed E-state index contributed by atoms with van der Waals surface area (Å²) in [6, 6.07) is 20.6. The Bertz CT molecular complexity index is 1120. The standard InChI is InChI=1S/C30H38N4O2/c1-32(2)30(25-11-5-4-6-12-25)18-16-28(17-19-30)23-33(26-13-8-7-10-24(26)22-31)27(35)34(28)21-20-29(36-3)14-9-15-29/h4-8,10-13H,9,14-21,23H2,1-3H3/t28-,30-. The highest BCUT2D eigenvalue weighted by Crippen LogP contribution is 2.50. The second kappa shape index (κ2) is 9.53. The monoisotopic (exact) mass is 486 g/mol. The summed E-state index contributed by atoms with van der Waals surface area (Å²) in [5.74, 6) is 0. The molecule has 0 aromatic heterocycles. The third-order valence-electron chi connectivity index (χ3n) is 9.47. The number of hydrogen-bond acceptors (Lipinski definition) is 4. The van der Waals surface area contributed by atoms with Crippen LogP contribution >= 0.6 is 0 Å². The average Bonchev–Trinajstić information content (AvgIpc) is 3.15. The van der Waals surface area contributed by atoms with E-state index in [9.17, 15) is 10.1 Å². The summed E-state index contributed by atoms with van der Waals surface area (Å²) in [6.07, 6.45) is 8.01. The van der Waals surface area contributed by atoms with Crippen LogP contribution in [0.4, 0.5) is 10.5 Å². The number of nitrogens with zero attached hydrogens (tertiary/aromatic N) is 4. The lowest BCUT2D eigenvalue weighted by Crippen LogP contribution is -2.56. The number of carbonyl (C=O) groups excluding carboxylic acids is 1. The van der Waals surface area contributed by atoms with Crippen molar-refractivity contribution < 1.29 is 9.53 Å². The number of hydrogen-bond donors (Lipinski definition) is 0. The van der Waals surface area contributed by atoms with Gasteiger partial charge in [-0.3, -0.25) is 9.80 Å². The van der Waals surface area contributed by atoms with Gasteiger partial charge in [-0.15, -0.1) is 0 Å². The van der Waals surface area contributed by atoms with Crippen LogP contribution in [0.15, 0.2) is 54.6 Å². The fraction of sp³-hybridized carbons (Fsp3) is 0.533. The molecular formula is C30H38N4O2. The van der Waals surface area contributed by atoms with E-state index in [0.29, 0.717) is 18.7 Å². The van der Waals surface area contributed by atoms with E-state index in [0.717, 1.165) is 50.6 Å². The molecule has 1 aliphatic heterocycles. The second-order valence-electron chi connectivity index (χ2n) is 11.2. The van der Waals surface area contributed by atoms with Crippen molar-refractivity contribution in [2.75, 3.05) is 39.2 Å². The van der Waals surface area contributed by atoms with Crippen LogP contribution in [-0.2, 0) is 10.3 Å². The summed E-state index contributed by atoms with van der Waals surface area (Å²) in [7, 11) is 6.16. The molecule has 0 N–H and O–H groups in total. The van der Waals surface area contributed by atoms with Gasteiger partial charge in [0.05, 0.1) is 28.9 Å². The molecule has 6 heteroatoms. The molecule has 1 spiro atoms. The van der Waals surface area contributed by atoms with Crippen molar-refractivity contribution in [3.8, 4) is 6.07 Å². The van der Waals surface area contributed by atoms with E-state index in [4.69, 9.17) is 4.74 Å². The topological polar surface area (TPSA) is 59.8 Å². The van der Waals surface area contributed by atoms with E-state index in [1.807, 2.05) is 30.2 Å². The number of benzene rings is 2. The Hall–Kier alpha value is -2.88. The average molecular weight is 487 g/mol. The first-order chi connectivity index (χ1) is 17.4. The number of urea groups is 1. The van der Waals surface area contributed by atoms with Gasteiger partial charge >= 0.3 is 6.03 Å². The highest BCUT2D eigenvalue weighted by Gasteiger charge is 2.55. The number of rotatable bonds is 7. The van der Waals surface area contributed by atoms with Gasteiger partial charge in [-0.1, -0.05) is 42.5 Å². The number of carbonyl (C=O) groups is 1. The Balaban J connectivity index is 1.46. The van der Waals surface area contributed by atoms with Crippen LogP contribution in [0, 0.1) is 11.3 Å². The molecule has 3 fully saturated rings. The van der Waals surface area contributed by atoms with E-state index < -0.39 is 0 Å². The third kappa shape index (κ3) is 3.99. The zero-order chi connectivity index (χ0) is 25.4. The molecule has 0 atom stereocenters. The maximum Gasteiger partial charge on any atom is 0.325 e. The van der Waals surface area contributed by atoms with E-state index in [1.165, 1.54) is 12.0 Å².